The largest absolute Gasteiger partial charge is 0.379 e. The maximum Gasteiger partial charge on any atom is 0.209 e. The van der Waals surface area contributed by atoms with Gasteiger partial charge in [-0.3, -0.25) is 4.79 Å². The van der Waals surface area contributed by atoms with Crippen LogP contribution >= 0.6 is 11.3 Å². The van der Waals surface area contributed by atoms with Gasteiger partial charge >= 0.3 is 0 Å². The van der Waals surface area contributed by atoms with E-state index in [1.54, 1.807) is 18.4 Å². The Bertz CT molecular complexity index is 446. The predicted molar refractivity (Wildman–Crippen MR) is 86.4 cm³/mol. The predicted octanol–water partition coefficient (Wildman–Crippen LogP) is 2.91. The third kappa shape index (κ3) is 6.35. The summed E-state index contributed by atoms with van der Waals surface area (Å²) in [5.41, 5.74) is 0.785. The molecule has 0 unspecified atom stereocenters. The average Bonchev–Trinajstić information content (AvgIpc) is 2.96. The molecule has 0 bridgehead atoms. The Kier molecular flexibility index (Phi) is 6.98. The van der Waals surface area contributed by atoms with E-state index < -0.39 is 0 Å². The van der Waals surface area contributed by atoms with E-state index >= 15 is 0 Å². The highest BCUT2D eigenvalue weighted by Gasteiger charge is 2.21. The number of aromatic nitrogens is 1. The summed E-state index contributed by atoms with van der Waals surface area (Å²) in [7, 11) is 1.71. The molecule has 1 fully saturated rings. The Morgan fingerprint density at radius 1 is 1.43 bits per heavy atom. The molecule has 6 heteroatoms. The average molecular weight is 311 g/mol. The summed E-state index contributed by atoms with van der Waals surface area (Å²) in [4.78, 5) is 16.7. The van der Waals surface area contributed by atoms with Crippen LogP contribution in [0.5, 0.6) is 0 Å². The van der Waals surface area contributed by atoms with E-state index in [0.717, 1.165) is 43.0 Å². The van der Waals surface area contributed by atoms with E-state index in [9.17, 15) is 4.79 Å². The van der Waals surface area contributed by atoms with Crippen molar-refractivity contribution in [3.05, 3.63) is 16.1 Å². The first-order valence-corrected chi connectivity index (χ1v) is 7.98. The first kappa shape index (κ1) is 17.8. The third-order valence-corrected chi connectivity index (χ3v) is 4.35. The molecule has 0 spiro atoms. The molecule has 1 aliphatic heterocycles. The molecule has 118 valence electrons. The van der Waals surface area contributed by atoms with Crippen molar-refractivity contribution in [2.24, 2.45) is 0 Å². The Hall–Kier alpha value is -1.27. The van der Waals surface area contributed by atoms with Crippen molar-refractivity contribution in [2.75, 3.05) is 20.2 Å². The molecule has 0 aromatic carbocycles. The number of piperidine rings is 1. The lowest BCUT2D eigenvalue weighted by Crippen LogP contribution is -2.31. The fourth-order valence-electron chi connectivity index (χ4n) is 1.81. The zero-order chi connectivity index (χ0) is 15.9. The summed E-state index contributed by atoms with van der Waals surface area (Å²) in [6.45, 7) is 7.72. The quantitative estimate of drug-likeness (QED) is 0.689. The molecule has 1 saturated heterocycles. The van der Waals surface area contributed by atoms with Crippen LogP contribution in [0.2, 0.25) is 0 Å². The van der Waals surface area contributed by atoms with Gasteiger partial charge in [0.25, 0.3) is 0 Å². The van der Waals surface area contributed by atoms with Crippen molar-refractivity contribution >= 4 is 24.0 Å². The van der Waals surface area contributed by atoms with Crippen LogP contribution in [0.1, 0.15) is 50.2 Å². The minimum absolute atomic E-state index is 0.0417. The van der Waals surface area contributed by atoms with Crippen LogP contribution < -0.4 is 0 Å². The smallest absolute Gasteiger partial charge is 0.209 e. The number of nitrogens with one attached hydrogen (secondary N) is 1. The van der Waals surface area contributed by atoms with Gasteiger partial charge in [0.2, 0.25) is 6.41 Å². The van der Waals surface area contributed by atoms with Gasteiger partial charge in [0, 0.05) is 37.7 Å². The van der Waals surface area contributed by atoms with Gasteiger partial charge in [0.15, 0.2) is 0 Å². The number of hydrogen-bond donors (Lipinski definition) is 1. The van der Waals surface area contributed by atoms with Gasteiger partial charge in [-0.15, -0.1) is 11.3 Å². The summed E-state index contributed by atoms with van der Waals surface area (Å²) in [6, 6.07) is 0. The number of nitrogens with zero attached hydrogens (tertiary/aromatic N) is 2. The standard InChI is InChI=1S/C10H13N3OS.C5H12O/c11-5-9-6-15-10(12-9)8-1-3-13(7-14)4-2-8;1-5(2,3)6-4/h5-8,11H,1-4H2;1-4H3. The number of likely N-dealkylation sites (tertiary alicyclic amines) is 1. The summed E-state index contributed by atoms with van der Waals surface area (Å²) in [5, 5.41) is 10.1. The topological polar surface area (TPSA) is 66.3 Å². The van der Waals surface area contributed by atoms with Gasteiger partial charge < -0.3 is 15.0 Å². The second-order valence-corrected chi connectivity index (χ2v) is 6.88. The van der Waals surface area contributed by atoms with Crippen molar-refractivity contribution < 1.29 is 9.53 Å². The third-order valence-electron chi connectivity index (χ3n) is 3.33. The summed E-state index contributed by atoms with van der Waals surface area (Å²) >= 11 is 1.62. The molecule has 1 amide bonds. The highest BCUT2D eigenvalue weighted by atomic mass is 32.1. The monoisotopic (exact) mass is 311 g/mol. The highest BCUT2D eigenvalue weighted by molar-refractivity contribution is 7.09. The van der Waals surface area contributed by atoms with Crippen molar-refractivity contribution in [3.63, 3.8) is 0 Å². The molecular formula is C15H25N3O2S. The molecule has 0 aliphatic carbocycles. The van der Waals surface area contributed by atoms with E-state index in [1.165, 1.54) is 6.21 Å². The SMILES string of the molecule is COC(C)(C)C.N=Cc1csc(C2CCN(C=O)CC2)n1. The number of carbonyl (C=O) groups is 1. The number of methoxy groups -OCH3 is 1. The number of carbonyl (C=O) groups excluding carboxylic acids is 1. The zero-order valence-electron chi connectivity index (χ0n) is 13.3. The molecule has 1 aromatic heterocycles. The zero-order valence-corrected chi connectivity index (χ0v) is 14.1. The highest BCUT2D eigenvalue weighted by Crippen LogP contribution is 2.29. The van der Waals surface area contributed by atoms with Crippen molar-refractivity contribution in [1.29, 1.82) is 5.41 Å². The van der Waals surface area contributed by atoms with Crippen molar-refractivity contribution in [1.82, 2.24) is 9.88 Å². The van der Waals surface area contributed by atoms with Crippen LogP contribution in [0.15, 0.2) is 5.38 Å². The van der Waals surface area contributed by atoms with E-state index in [1.807, 2.05) is 31.1 Å². The maximum atomic E-state index is 10.5. The molecule has 0 saturated carbocycles. The summed E-state index contributed by atoms with van der Waals surface area (Å²) < 4.78 is 4.94. The molecule has 1 aliphatic rings. The lowest BCUT2D eigenvalue weighted by molar-refractivity contribution is -0.119. The maximum absolute atomic E-state index is 10.5. The fourth-order valence-corrected chi connectivity index (χ4v) is 2.75. The van der Waals surface area contributed by atoms with Crippen LogP contribution in [-0.4, -0.2) is 48.3 Å². The van der Waals surface area contributed by atoms with Gasteiger partial charge in [0.05, 0.1) is 16.3 Å². The molecule has 2 heterocycles. The normalized spacial score (nSPS) is 16.1. The van der Waals surface area contributed by atoms with Gasteiger partial charge in [-0.2, -0.15) is 0 Å². The van der Waals surface area contributed by atoms with Gasteiger partial charge in [-0.1, -0.05) is 0 Å². The minimum Gasteiger partial charge on any atom is -0.379 e. The van der Waals surface area contributed by atoms with E-state index in [4.69, 9.17) is 10.1 Å². The van der Waals surface area contributed by atoms with Crippen LogP contribution in [0.3, 0.4) is 0 Å². The van der Waals surface area contributed by atoms with Crippen molar-refractivity contribution in [2.45, 2.75) is 45.1 Å². The Morgan fingerprint density at radius 3 is 2.38 bits per heavy atom. The van der Waals surface area contributed by atoms with Gasteiger partial charge in [0.1, 0.15) is 0 Å². The summed E-state index contributed by atoms with van der Waals surface area (Å²) in [5.74, 6) is 0.472. The molecule has 0 radical (unpaired) electrons. The molecule has 2 rings (SSSR count). The van der Waals surface area contributed by atoms with E-state index in [2.05, 4.69) is 4.98 Å². The van der Waals surface area contributed by atoms with Gasteiger partial charge in [-0.25, -0.2) is 4.98 Å². The minimum atomic E-state index is 0.0417. The molecular weight excluding hydrogens is 286 g/mol. The second kappa shape index (κ2) is 8.24. The fraction of sp³-hybridized carbons (Fsp3) is 0.667. The van der Waals surface area contributed by atoms with Crippen LogP contribution in [0.4, 0.5) is 0 Å². The van der Waals surface area contributed by atoms with Crippen LogP contribution in [0, 0.1) is 5.41 Å². The van der Waals surface area contributed by atoms with E-state index in [0.29, 0.717) is 5.92 Å². The first-order chi connectivity index (χ1) is 9.89. The van der Waals surface area contributed by atoms with E-state index in [-0.39, 0.29) is 5.60 Å². The lowest BCUT2D eigenvalue weighted by Gasteiger charge is -2.27. The molecule has 1 aromatic rings. The Balaban J connectivity index is 0.000000315. The molecule has 5 nitrogen and oxygen atoms in total. The van der Waals surface area contributed by atoms with Crippen molar-refractivity contribution in [3.8, 4) is 0 Å². The van der Waals surface area contributed by atoms with Gasteiger partial charge in [-0.05, 0) is 33.6 Å². The summed E-state index contributed by atoms with van der Waals surface area (Å²) in [6.07, 6.45) is 4.18. The second-order valence-electron chi connectivity index (χ2n) is 5.99. The molecule has 1 N–H and O–H groups in total. The molecule has 0 atom stereocenters. The Labute approximate surface area is 130 Å². The first-order valence-electron chi connectivity index (χ1n) is 7.10. The number of amides is 1. The number of hydrogen-bond acceptors (Lipinski definition) is 5. The number of rotatable bonds is 3. The Morgan fingerprint density at radius 2 is 2.00 bits per heavy atom. The number of ether oxygens (including phenoxy) is 1. The number of thiazole rings is 1. The lowest BCUT2D eigenvalue weighted by atomic mass is 9.98. The van der Waals surface area contributed by atoms with Crippen LogP contribution in [-0.2, 0) is 9.53 Å². The molecule has 21 heavy (non-hydrogen) atoms. The van der Waals surface area contributed by atoms with Crippen LogP contribution in [0.25, 0.3) is 0 Å².